The number of aromatic carboxylic acids is 1. The Kier molecular flexibility index (Phi) is 3.36. The predicted octanol–water partition coefficient (Wildman–Crippen LogP) is 0.539. The van der Waals surface area contributed by atoms with E-state index < -0.39 is 11.4 Å². The second-order valence-electron chi connectivity index (χ2n) is 4.83. The smallest absolute Gasteiger partial charge is 0.365 e. The van der Waals surface area contributed by atoms with Crippen LogP contribution in [0.2, 0.25) is 0 Å². The van der Waals surface area contributed by atoms with E-state index in [4.69, 9.17) is 10.8 Å². The maximum Gasteiger partial charge on any atom is 0.365 e. The van der Waals surface area contributed by atoms with Gasteiger partial charge in [0.15, 0.2) is 0 Å². The first-order valence-electron chi connectivity index (χ1n) is 5.61. The van der Waals surface area contributed by atoms with Gasteiger partial charge in [0.1, 0.15) is 0 Å². The number of hydrogen-bond donors (Lipinski definition) is 2. The number of thiazole rings is 1. The third kappa shape index (κ3) is 2.51. The Balaban J connectivity index is 1.99. The molecule has 0 radical (unpaired) electrons. The average molecular weight is 269 g/mol. The summed E-state index contributed by atoms with van der Waals surface area (Å²) < 4.78 is 0. The Morgan fingerprint density at radius 3 is 2.89 bits per heavy atom. The van der Waals surface area contributed by atoms with Crippen LogP contribution in [0.4, 0.5) is 0 Å². The maximum atomic E-state index is 11.3. The van der Waals surface area contributed by atoms with Crippen molar-refractivity contribution in [3.8, 4) is 0 Å². The van der Waals surface area contributed by atoms with E-state index in [1.54, 1.807) is 5.38 Å². The molecule has 1 aromatic heterocycles. The van der Waals surface area contributed by atoms with Crippen molar-refractivity contribution in [2.45, 2.75) is 19.9 Å². The lowest BCUT2D eigenvalue weighted by Gasteiger charge is -2.20. The summed E-state index contributed by atoms with van der Waals surface area (Å²) in [6, 6.07) is 0. The highest BCUT2D eigenvalue weighted by Crippen LogP contribution is 2.30. The van der Waals surface area contributed by atoms with Gasteiger partial charge in [0.2, 0.25) is 10.9 Å². The van der Waals surface area contributed by atoms with Crippen LogP contribution < -0.4 is 5.73 Å². The lowest BCUT2D eigenvalue weighted by molar-refractivity contribution is -0.126. The van der Waals surface area contributed by atoms with E-state index in [2.05, 4.69) is 9.88 Å². The second-order valence-corrected chi connectivity index (χ2v) is 5.69. The van der Waals surface area contributed by atoms with E-state index in [9.17, 15) is 9.59 Å². The molecule has 3 N–H and O–H groups in total. The summed E-state index contributed by atoms with van der Waals surface area (Å²) in [5.74, 6) is -1.29. The highest BCUT2D eigenvalue weighted by molar-refractivity contribution is 7.11. The molecule has 0 bridgehead atoms. The van der Waals surface area contributed by atoms with Crippen LogP contribution in [-0.4, -0.2) is 40.0 Å². The van der Waals surface area contributed by atoms with Gasteiger partial charge in [-0.05, 0) is 19.9 Å². The molecule has 0 aromatic carbocycles. The Hall–Kier alpha value is -1.47. The van der Waals surface area contributed by atoms with E-state index in [1.165, 1.54) is 0 Å². The van der Waals surface area contributed by atoms with Crippen molar-refractivity contribution in [3.05, 3.63) is 16.1 Å². The molecule has 1 unspecified atom stereocenters. The second kappa shape index (κ2) is 4.66. The zero-order valence-corrected chi connectivity index (χ0v) is 10.9. The van der Waals surface area contributed by atoms with Gasteiger partial charge in [0.05, 0.1) is 11.1 Å². The summed E-state index contributed by atoms with van der Waals surface area (Å²) in [6.45, 7) is 3.80. The van der Waals surface area contributed by atoms with E-state index in [0.29, 0.717) is 13.1 Å². The van der Waals surface area contributed by atoms with Crippen molar-refractivity contribution in [2.24, 2.45) is 11.1 Å². The number of hydrogen-bond acceptors (Lipinski definition) is 5. The monoisotopic (exact) mass is 269 g/mol. The largest absolute Gasteiger partial charge is 0.476 e. The number of likely N-dealkylation sites (tertiary alicyclic amines) is 1. The van der Waals surface area contributed by atoms with Crippen molar-refractivity contribution in [3.63, 3.8) is 0 Å². The van der Waals surface area contributed by atoms with Gasteiger partial charge >= 0.3 is 5.97 Å². The molecule has 2 heterocycles. The van der Waals surface area contributed by atoms with Gasteiger partial charge in [-0.25, -0.2) is 9.78 Å². The van der Waals surface area contributed by atoms with Crippen molar-refractivity contribution >= 4 is 23.2 Å². The van der Waals surface area contributed by atoms with Gasteiger partial charge in [0.25, 0.3) is 0 Å². The number of aromatic nitrogens is 1. The fourth-order valence-electron chi connectivity index (χ4n) is 2.10. The molecule has 1 saturated heterocycles. The molecule has 98 valence electrons. The highest BCUT2D eigenvalue weighted by atomic mass is 32.1. The van der Waals surface area contributed by atoms with Gasteiger partial charge < -0.3 is 10.8 Å². The molecule has 1 atom stereocenters. The van der Waals surface area contributed by atoms with E-state index in [1.807, 2.05) is 6.92 Å². The summed E-state index contributed by atoms with van der Waals surface area (Å²) in [7, 11) is 0. The van der Waals surface area contributed by atoms with Crippen LogP contribution in [0, 0.1) is 5.41 Å². The Morgan fingerprint density at radius 1 is 1.67 bits per heavy atom. The lowest BCUT2D eigenvalue weighted by Crippen LogP contribution is -2.36. The standard InChI is InChI=1S/C11H15N3O3S/c1-11(10(12)17)2-3-14(6-11)4-7-5-18-8(13-7)9(15)16/h5H,2-4,6H2,1H3,(H2,12,17)(H,15,16). The first-order valence-corrected chi connectivity index (χ1v) is 6.49. The number of carbonyl (C=O) groups excluding carboxylic acids is 1. The summed E-state index contributed by atoms with van der Waals surface area (Å²) in [5, 5.41) is 10.6. The molecular formula is C11H15N3O3S. The third-order valence-electron chi connectivity index (χ3n) is 3.27. The fraction of sp³-hybridized carbons (Fsp3) is 0.545. The molecule has 1 aliphatic rings. The summed E-state index contributed by atoms with van der Waals surface area (Å²) in [6.07, 6.45) is 0.734. The predicted molar refractivity (Wildman–Crippen MR) is 66.3 cm³/mol. The topological polar surface area (TPSA) is 96.5 Å². The number of carbonyl (C=O) groups is 2. The molecule has 1 fully saturated rings. The fourth-order valence-corrected chi connectivity index (χ4v) is 2.75. The molecule has 1 aromatic rings. The van der Waals surface area contributed by atoms with Gasteiger partial charge in [-0.1, -0.05) is 0 Å². The number of carboxylic acid groups (broad SMARTS) is 1. The van der Waals surface area contributed by atoms with Gasteiger partial charge in [0, 0.05) is 18.5 Å². The Labute approximate surface area is 108 Å². The molecule has 0 aliphatic carbocycles. The minimum absolute atomic E-state index is 0.0989. The number of nitrogens with zero attached hydrogens (tertiary/aromatic N) is 2. The van der Waals surface area contributed by atoms with Crippen molar-refractivity contribution in [1.82, 2.24) is 9.88 Å². The Bertz CT molecular complexity index is 488. The molecule has 0 saturated carbocycles. The minimum Gasteiger partial charge on any atom is -0.476 e. The zero-order chi connectivity index (χ0) is 13.3. The molecule has 0 spiro atoms. The van der Waals surface area contributed by atoms with Crippen LogP contribution in [0.3, 0.4) is 0 Å². The minimum atomic E-state index is -1.00. The van der Waals surface area contributed by atoms with Crippen molar-refractivity contribution in [1.29, 1.82) is 0 Å². The lowest BCUT2D eigenvalue weighted by atomic mass is 9.89. The van der Waals surface area contributed by atoms with Crippen LogP contribution in [0.25, 0.3) is 0 Å². The van der Waals surface area contributed by atoms with Crippen molar-refractivity contribution in [2.75, 3.05) is 13.1 Å². The summed E-state index contributed by atoms with van der Waals surface area (Å²) in [5.41, 5.74) is 5.62. The normalized spacial score (nSPS) is 24.3. The van der Waals surface area contributed by atoms with E-state index >= 15 is 0 Å². The highest BCUT2D eigenvalue weighted by Gasteiger charge is 2.38. The molecule has 7 heteroatoms. The van der Waals surface area contributed by atoms with Gasteiger partial charge in [-0.3, -0.25) is 9.69 Å². The molecule has 2 rings (SSSR count). The summed E-state index contributed by atoms with van der Waals surface area (Å²) >= 11 is 1.12. The number of primary amides is 1. The van der Waals surface area contributed by atoms with Crippen LogP contribution >= 0.6 is 11.3 Å². The van der Waals surface area contributed by atoms with Crippen molar-refractivity contribution < 1.29 is 14.7 Å². The molecule has 1 aliphatic heterocycles. The molecule has 6 nitrogen and oxygen atoms in total. The van der Waals surface area contributed by atoms with Gasteiger partial charge in [-0.2, -0.15) is 0 Å². The van der Waals surface area contributed by atoms with E-state index in [0.717, 1.165) is 30.0 Å². The summed E-state index contributed by atoms with van der Waals surface area (Å²) in [4.78, 5) is 28.1. The van der Waals surface area contributed by atoms with E-state index in [-0.39, 0.29) is 10.9 Å². The average Bonchev–Trinajstić information content (AvgIpc) is 2.87. The van der Waals surface area contributed by atoms with Crippen LogP contribution in [0.1, 0.15) is 28.8 Å². The van der Waals surface area contributed by atoms with Crippen LogP contribution in [0.15, 0.2) is 5.38 Å². The molecule has 18 heavy (non-hydrogen) atoms. The first-order chi connectivity index (χ1) is 8.40. The third-order valence-corrected chi connectivity index (χ3v) is 4.15. The number of rotatable bonds is 4. The number of carboxylic acids is 1. The van der Waals surface area contributed by atoms with Crippen LogP contribution in [-0.2, 0) is 11.3 Å². The molecular weight excluding hydrogens is 254 g/mol. The maximum absolute atomic E-state index is 11.3. The zero-order valence-electron chi connectivity index (χ0n) is 10.0. The quantitative estimate of drug-likeness (QED) is 0.831. The number of nitrogens with two attached hydrogens (primary N) is 1. The number of amides is 1. The SMILES string of the molecule is CC1(C(N)=O)CCN(Cc2csc(C(=O)O)n2)C1. The van der Waals surface area contributed by atoms with Crippen LogP contribution in [0.5, 0.6) is 0 Å². The Morgan fingerprint density at radius 2 is 2.39 bits per heavy atom. The molecule has 1 amide bonds. The first kappa shape index (κ1) is 13.0. The van der Waals surface area contributed by atoms with Gasteiger partial charge in [-0.15, -0.1) is 11.3 Å².